The highest BCUT2D eigenvalue weighted by Gasteiger charge is 2.28. The number of amides is 1. The number of pyridine rings is 1. The fourth-order valence-electron chi connectivity index (χ4n) is 3.74. The Morgan fingerprint density at radius 1 is 1.03 bits per heavy atom. The lowest BCUT2D eigenvalue weighted by Gasteiger charge is -2.33. The first-order chi connectivity index (χ1) is 15.4. The molecule has 4 rings (SSSR count). The van der Waals surface area contributed by atoms with Gasteiger partial charge in [-0.1, -0.05) is 30.3 Å². The molecule has 1 N–H and O–H groups in total. The van der Waals surface area contributed by atoms with Crippen molar-refractivity contribution in [3.63, 3.8) is 0 Å². The predicted octanol–water partition coefficient (Wildman–Crippen LogP) is 5.40. The molecule has 166 valence electrons. The van der Waals surface area contributed by atoms with Gasteiger partial charge in [0.05, 0.1) is 5.69 Å². The average Bonchev–Trinajstić information content (AvgIpc) is 2.79. The molecule has 3 heterocycles. The number of anilines is 2. The Bertz CT molecular complexity index is 1040. The van der Waals surface area contributed by atoms with Gasteiger partial charge in [-0.25, -0.2) is 14.8 Å². The second-order valence-corrected chi connectivity index (χ2v) is 8.97. The number of benzene rings is 1. The molecule has 7 nitrogen and oxygen atoms in total. The van der Waals surface area contributed by atoms with Gasteiger partial charge in [-0.3, -0.25) is 4.98 Å². The van der Waals surface area contributed by atoms with Gasteiger partial charge in [0.1, 0.15) is 5.60 Å². The molecule has 0 bridgehead atoms. The summed E-state index contributed by atoms with van der Waals surface area (Å²) in [5, 5.41) is 3.30. The van der Waals surface area contributed by atoms with Crippen LogP contribution in [0.5, 0.6) is 0 Å². The molecule has 0 aliphatic carbocycles. The summed E-state index contributed by atoms with van der Waals surface area (Å²) in [5.41, 5.74) is 3.30. The minimum Gasteiger partial charge on any atom is -0.444 e. The van der Waals surface area contributed by atoms with Gasteiger partial charge in [0, 0.05) is 48.3 Å². The summed E-state index contributed by atoms with van der Waals surface area (Å²) in [6.45, 7) is 6.97. The monoisotopic (exact) mass is 431 g/mol. The zero-order valence-electron chi connectivity index (χ0n) is 18.8. The highest BCUT2D eigenvalue weighted by Crippen LogP contribution is 2.31. The van der Waals surface area contributed by atoms with Crippen LogP contribution in [0.25, 0.3) is 11.3 Å². The minimum absolute atomic E-state index is 0.247. The Hall–Kier alpha value is -3.48. The molecule has 1 aromatic carbocycles. The first-order valence-corrected chi connectivity index (χ1v) is 11.0. The van der Waals surface area contributed by atoms with Crippen molar-refractivity contribution in [3.8, 4) is 11.3 Å². The third-order valence-corrected chi connectivity index (χ3v) is 5.32. The van der Waals surface area contributed by atoms with Crippen molar-refractivity contribution in [2.45, 2.75) is 45.1 Å². The van der Waals surface area contributed by atoms with E-state index in [1.54, 1.807) is 17.3 Å². The van der Waals surface area contributed by atoms with E-state index in [-0.39, 0.29) is 12.0 Å². The Labute approximate surface area is 188 Å². The Morgan fingerprint density at radius 2 is 1.72 bits per heavy atom. The van der Waals surface area contributed by atoms with Gasteiger partial charge in [0.2, 0.25) is 5.95 Å². The van der Waals surface area contributed by atoms with Crippen LogP contribution in [0, 0.1) is 0 Å². The Morgan fingerprint density at radius 3 is 2.38 bits per heavy atom. The fourth-order valence-corrected chi connectivity index (χ4v) is 3.74. The van der Waals surface area contributed by atoms with Gasteiger partial charge >= 0.3 is 6.09 Å². The molecule has 1 fully saturated rings. The lowest BCUT2D eigenvalue weighted by molar-refractivity contribution is 0.0204. The quantitative estimate of drug-likeness (QED) is 0.596. The first-order valence-electron chi connectivity index (χ1n) is 11.0. The largest absolute Gasteiger partial charge is 0.444 e. The molecule has 0 radical (unpaired) electrons. The summed E-state index contributed by atoms with van der Waals surface area (Å²) in [5.74, 6) is 0.805. The Kier molecular flexibility index (Phi) is 6.35. The number of likely N-dealkylation sites (tertiary alicyclic amines) is 1. The van der Waals surface area contributed by atoms with E-state index in [4.69, 9.17) is 14.7 Å². The molecule has 7 heteroatoms. The maximum Gasteiger partial charge on any atom is 0.410 e. The van der Waals surface area contributed by atoms with E-state index in [9.17, 15) is 4.79 Å². The van der Waals surface area contributed by atoms with Crippen LogP contribution in [0.15, 0.2) is 60.9 Å². The highest BCUT2D eigenvalue weighted by atomic mass is 16.6. The normalized spacial score (nSPS) is 14.8. The number of carbonyl (C=O) groups excluding carboxylic acids is 1. The summed E-state index contributed by atoms with van der Waals surface area (Å²) >= 11 is 0. The van der Waals surface area contributed by atoms with Crippen molar-refractivity contribution in [1.29, 1.82) is 0 Å². The molecule has 1 aliphatic heterocycles. The average molecular weight is 432 g/mol. The van der Waals surface area contributed by atoms with Crippen molar-refractivity contribution in [2.75, 3.05) is 18.4 Å². The number of ether oxygens (including phenoxy) is 1. The zero-order valence-corrected chi connectivity index (χ0v) is 18.8. The molecule has 2 aromatic heterocycles. The number of hydrogen-bond donors (Lipinski definition) is 1. The van der Waals surface area contributed by atoms with E-state index in [2.05, 4.69) is 16.4 Å². The van der Waals surface area contributed by atoms with Crippen molar-refractivity contribution in [2.24, 2.45) is 0 Å². The fraction of sp³-hybridized carbons (Fsp3) is 0.360. The molecule has 32 heavy (non-hydrogen) atoms. The topological polar surface area (TPSA) is 80.2 Å². The third kappa shape index (κ3) is 5.60. The van der Waals surface area contributed by atoms with E-state index in [0.717, 1.165) is 35.5 Å². The van der Waals surface area contributed by atoms with Crippen LogP contribution in [0.3, 0.4) is 0 Å². The third-order valence-electron chi connectivity index (χ3n) is 5.32. The predicted molar refractivity (Wildman–Crippen MR) is 125 cm³/mol. The van der Waals surface area contributed by atoms with Crippen molar-refractivity contribution < 1.29 is 9.53 Å². The van der Waals surface area contributed by atoms with Crippen LogP contribution in [-0.2, 0) is 4.74 Å². The summed E-state index contributed by atoms with van der Waals surface area (Å²) in [7, 11) is 0. The van der Waals surface area contributed by atoms with E-state index < -0.39 is 5.60 Å². The summed E-state index contributed by atoms with van der Waals surface area (Å²) in [6.07, 6.45) is 4.88. The maximum absolute atomic E-state index is 12.4. The van der Waals surface area contributed by atoms with Crippen molar-refractivity contribution in [3.05, 3.63) is 66.6 Å². The molecule has 0 saturated carbocycles. The van der Waals surface area contributed by atoms with Crippen molar-refractivity contribution in [1.82, 2.24) is 19.9 Å². The first kappa shape index (κ1) is 21.7. The van der Waals surface area contributed by atoms with Gasteiger partial charge in [-0.15, -0.1) is 0 Å². The van der Waals surface area contributed by atoms with Gasteiger partial charge < -0.3 is 15.0 Å². The molecular formula is C25H29N5O2. The number of aromatic nitrogens is 3. The van der Waals surface area contributed by atoms with Gasteiger partial charge in [0.25, 0.3) is 0 Å². The lowest BCUT2D eigenvalue weighted by atomic mass is 9.92. The molecular weight excluding hydrogens is 402 g/mol. The van der Waals surface area contributed by atoms with Crippen LogP contribution in [-0.4, -0.2) is 44.6 Å². The molecule has 3 aromatic rings. The highest BCUT2D eigenvalue weighted by molar-refractivity contribution is 5.68. The number of piperidine rings is 1. The number of carbonyl (C=O) groups is 1. The van der Waals surface area contributed by atoms with E-state index in [1.165, 1.54) is 0 Å². The summed E-state index contributed by atoms with van der Waals surface area (Å²) < 4.78 is 5.53. The SMILES string of the molecule is CC(C)(C)OC(=O)N1CCC(c2cc(-c3ccccc3)nc(Nc3ccncc3)n2)CC1. The van der Waals surface area contributed by atoms with Crippen LogP contribution in [0.2, 0.25) is 0 Å². The van der Waals surface area contributed by atoms with Crippen LogP contribution in [0.1, 0.15) is 45.2 Å². The minimum atomic E-state index is -0.487. The molecule has 1 aliphatic rings. The number of hydrogen-bond acceptors (Lipinski definition) is 6. The zero-order chi connectivity index (χ0) is 22.6. The van der Waals surface area contributed by atoms with E-state index in [1.807, 2.05) is 63.2 Å². The molecule has 0 atom stereocenters. The lowest BCUT2D eigenvalue weighted by Crippen LogP contribution is -2.41. The standard InChI is InChI=1S/C25H29N5O2/c1-25(2,3)32-24(31)30-15-11-19(12-16-30)22-17-21(18-7-5-4-6-8-18)28-23(29-22)27-20-9-13-26-14-10-20/h4-10,13-14,17,19H,11-12,15-16H2,1-3H3,(H,26,27,28,29). The molecule has 1 saturated heterocycles. The number of rotatable bonds is 4. The summed E-state index contributed by atoms with van der Waals surface area (Å²) in [6, 6.07) is 15.9. The Balaban J connectivity index is 1.55. The molecule has 0 unspecified atom stereocenters. The van der Waals surface area contributed by atoms with Crippen LogP contribution >= 0.6 is 0 Å². The van der Waals surface area contributed by atoms with Crippen LogP contribution in [0.4, 0.5) is 16.4 Å². The van der Waals surface area contributed by atoms with Gasteiger partial charge in [0.15, 0.2) is 0 Å². The second-order valence-electron chi connectivity index (χ2n) is 8.97. The van der Waals surface area contributed by atoms with Crippen molar-refractivity contribution >= 4 is 17.7 Å². The number of nitrogens with zero attached hydrogens (tertiary/aromatic N) is 4. The van der Waals surface area contributed by atoms with Crippen LogP contribution < -0.4 is 5.32 Å². The van der Waals surface area contributed by atoms with Gasteiger partial charge in [-0.2, -0.15) is 0 Å². The van der Waals surface area contributed by atoms with E-state index >= 15 is 0 Å². The number of nitrogens with one attached hydrogen (secondary N) is 1. The molecule has 0 spiro atoms. The molecule has 1 amide bonds. The van der Waals surface area contributed by atoms with E-state index in [0.29, 0.717) is 19.0 Å². The maximum atomic E-state index is 12.4. The smallest absolute Gasteiger partial charge is 0.410 e. The van der Waals surface area contributed by atoms with Gasteiger partial charge in [-0.05, 0) is 51.8 Å². The second kappa shape index (κ2) is 9.34. The summed E-state index contributed by atoms with van der Waals surface area (Å²) in [4.78, 5) is 27.8.